The van der Waals surface area contributed by atoms with E-state index >= 15 is 0 Å². The molecule has 4 rings (SSSR count). The maximum Gasteiger partial charge on any atom is 0.324 e. The first-order valence-electron chi connectivity index (χ1n) is 10.5. The van der Waals surface area contributed by atoms with Gasteiger partial charge in [0.2, 0.25) is 5.91 Å². The van der Waals surface area contributed by atoms with Gasteiger partial charge in [-0.2, -0.15) is 5.10 Å². The Morgan fingerprint density at radius 1 is 1.03 bits per heavy atom. The first-order valence-corrected chi connectivity index (χ1v) is 10.5. The number of aromatic nitrogens is 3. The van der Waals surface area contributed by atoms with Crippen molar-refractivity contribution in [2.45, 2.75) is 31.8 Å². The van der Waals surface area contributed by atoms with Crippen molar-refractivity contribution < 1.29 is 14.4 Å². The van der Waals surface area contributed by atoms with Crippen LogP contribution < -0.4 is 10.6 Å². The molecule has 0 aliphatic carbocycles. The van der Waals surface area contributed by atoms with Crippen LogP contribution in [0, 0.1) is 0 Å². The van der Waals surface area contributed by atoms with Crippen LogP contribution in [0.25, 0.3) is 0 Å². The van der Waals surface area contributed by atoms with Gasteiger partial charge in [0.05, 0.1) is 6.54 Å². The highest BCUT2D eigenvalue weighted by molar-refractivity contribution is 6.04. The van der Waals surface area contributed by atoms with Crippen LogP contribution in [0.2, 0.25) is 0 Å². The predicted molar refractivity (Wildman–Crippen MR) is 118 cm³/mol. The molecule has 32 heavy (non-hydrogen) atoms. The molecule has 1 saturated heterocycles. The van der Waals surface area contributed by atoms with E-state index in [9.17, 15) is 14.4 Å². The van der Waals surface area contributed by atoms with Crippen molar-refractivity contribution in [1.82, 2.24) is 25.0 Å². The molecule has 2 heterocycles. The molecule has 9 heteroatoms. The van der Waals surface area contributed by atoms with Crippen molar-refractivity contribution in [1.29, 1.82) is 0 Å². The molecule has 0 bridgehead atoms. The summed E-state index contributed by atoms with van der Waals surface area (Å²) >= 11 is 0. The Labute approximate surface area is 185 Å². The maximum atomic E-state index is 12.6. The van der Waals surface area contributed by atoms with Crippen LogP contribution in [0.1, 0.15) is 24.0 Å². The minimum Gasteiger partial charge on any atom is -0.326 e. The number of carbonyl (C=O) groups excluding carboxylic acids is 3. The summed E-state index contributed by atoms with van der Waals surface area (Å²) in [4.78, 5) is 42.2. The molecule has 1 aliphatic rings. The quantitative estimate of drug-likeness (QED) is 0.504. The second-order valence-electron chi connectivity index (χ2n) is 7.60. The van der Waals surface area contributed by atoms with Crippen LogP contribution in [0.15, 0.2) is 67.3 Å². The second-order valence-corrected chi connectivity index (χ2v) is 7.60. The molecule has 1 fully saturated rings. The molecule has 9 nitrogen and oxygen atoms in total. The molecular formula is C23H24N6O3. The van der Waals surface area contributed by atoms with Gasteiger partial charge < -0.3 is 10.6 Å². The fourth-order valence-corrected chi connectivity index (χ4v) is 3.56. The van der Waals surface area contributed by atoms with E-state index in [1.54, 1.807) is 11.0 Å². The van der Waals surface area contributed by atoms with E-state index in [1.807, 2.05) is 54.6 Å². The number of amides is 4. The molecule has 1 aromatic heterocycles. The zero-order chi connectivity index (χ0) is 22.3. The Hall–Kier alpha value is -4.01. The third-order valence-corrected chi connectivity index (χ3v) is 5.28. The number of urea groups is 1. The summed E-state index contributed by atoms with van der Waals surface area (Å²) in [6.07, 6.45) is 4.10. The Morgan fingerprint density at radius 2 is 1.81 bits per heavy atom. The van der Waals surface area contributed by atoms with Crippen molar-refractivity contribution in [3.63, 3.8) is 0 Å². The summed E-state index contributed by atoms with van der Waals surface area (Å²) in [6.45, 7) is 0.913. The molecule has 0 unspecified atom stereocenters. The zero-order valence-corrected chi connectivity index (χ0v) is 17.5. The van der Waals surface area contributed by atoms with Crippen LogP contribution in [0.3, 0.4) is 0 Å². The minimum atomic E-state index is -0.672. The Balaban J connectivity index is 1.23. The molecule has 2 N–H and O–H groups in total. The highest BCUT2D eigenvalue weighted by atomic mass is 16.2. The number of carbonyl (C=O) groups is 3. The third-order valence-electron chi connectivity index (χ3n) is 5.28. The predicted octanol–water partition coefficient (Wildman–Crippen LogP) is 2.21. The molecule has 1 atom stereocenters. The SMILES string of the molecule is O=C(CC[C@H]1NC(=O)N(CCc2ccccc2)C1=O)Nc1ccc(Cn2cncn2)cc1. The number of imide groups is 1. The Kier molecular flexibility index (Phi) is 6.54. The van der Waals surface area contributed by atoms with Crippen LogP contribution in [-0.4, -0.2) is 50.1 Å². The topological polar surface area (TPSA) is 109 Å². The van der Waals surface area contributed by atoms with Gasteiger partial charge in [0.1, 0.15) is 18.7 Å². The van der Waals surface area contributed by atoms with Crippen molar-refractivity contribution in [3.8, 4) is 0 Å². The minimum absolute atomic E-state index is 0.129. The molecule has 4 amide bonds. The molecule has 0 radical (unpaired) electrons. The average molecular weight is 432 g/mol. The molecule has 0 saturated carbocycles. The van der Waals surface area contributed by atoms with Crippen LogP contribution in [0.5, 0.6) is 0 Å². The van der Waals surface area contributed by atoms with Gasteiger partial charge in [-0.15, -0.1) is 0 Å². The maximum absolute atomic E-state index is 12.6. The van der Waals surface area contributed by atoms with Gasteiger partial charge >= 0.3 is 6.03 Å². The highest BCUT2D eigenvalue weighted by Crippen LogP contribution is 2.15. The number of rotatable bonds is 9. The largest absolute Gasteiger partial charge is 0.326 e. The van der Waals surface area contributed by atoms with Gasteiger partial charge in [0.15, 0.2) is 0 Å². The first kappa shape index (κ1) is 21.2. The molecule has 3 aromatic rings. The van der Waals surface area contributed by atoms with Gasteiger partial charge in [-0.25, -0.2) is 14.5 Å². The van der Waals surface area contributed by atoms with Crippen LogP contribution >= 0.6 is 0 Å². The van der Waals surface area contributed by atoms with E-state index in [0.717, 1.165) is 11.1 Å². The number of nitrogens with one attached hydrogen (secondary N) is 2. The fourth-order valence-electron chi connectivity index (χ4n) is 3.56. The summed E-state index contributed by atoms with van der Waals surface area (Å²) in [5.41, 5.74) is 2.76. The van der Waals surface area contributed by atoms with Crippen molar-refractivity contribution in [2.75, 3.05) is 11.9 Å². The molecule has 2 aromatic carbocycles. The van der Waals surface area contributed by atoms with Crippen molar-refractivity contribution in [3.05, 3.63) is 78.4 Å². The lowest BCUT2D eigenvalue weighted by atomic mass is 10.1. The molecule has 1 aliphatic heterocycles. The zero-order valence-electron chi connectivity index (χ0n) is 17.5. The van der Waals surface area contributed by atoms with Crippen molar-refractivity contribution in [2.24, 2.45) is 0 Å². The third kappa shape index (κ3) is 5.37. The fraction of sp³-hybridized carbons (Fsp3) is 0.261. The molecule has 0 spiro atoms. The average Bonchev–Trinajstić information content (AvgIpc) is 3.40. The smallest absolute Gasteiger partial charge is 0.324 e. The van der Waals surface area contributed by atoms with Gasteiger partial charge in [-0.3, -0.25) is 14.5 Å². The number of benzene rings is 2. The van der Waals surface area contributed by atoms with E-state index in [-0.39, 0.29) is 24.7 Å². The summed E-state index contributed by atoms with van der Waals surface area (Å²) < 4.78 is 1.71. The van der Waals surface area contributed by atoms with E-state index in [2.05, 4.69) is 20.7 Å². The highest BCUT2D eigenvalue weighted by Gasteiger charge is 2.37. The summed E-state index contributed by atoms with van der Waals surface area (Å²) in [7, 11) is 0. The lowest BCUT2D eigenvalue weighted by Crippen LogP contribution is -2.33. The lowest BCUT2D eigenvalue weighted by Gasteiger charge is -2.13. The van der Waals surface area contributed by atoms with Crippen LogP contribution in [-0.2, 0) is 22.6 Å². The van der Waals surface area contributed by atoms with Gasteiger partial charge in [-0.05, 0) is 36.1 Å². The molecule has 164 valence electrons. The number of hydrogen-bond acceptors (Lipinski definition) is 5. The van der Waals surface area contributed by atoms with Crippen LogP contribution in [0.4, 0.5) is 10.5 Å². The van der Waals surface area contributed by atoms with Gasteiger partial charge in [0.25, 0.3) is 5.91 Å². The second kappa shape index (κ2) is 9.86. The van der Waals surface area contributed by atoms with E-state index in [1.165, 1.54) is 11.2 Å². The summed E-state index contributed by atoms with van der Waals surface area (Å²) in [5.74, 6) is -0.491. The van der Waals surface area contributed by atoms with E-state index < -0.39 is 12.1 Å². The normalized spacial score (nSPS) is 15.6. The van der Waals surface area contributed by atoms with Crippen molar-refractivity contribution >= 4 is 23.5 Å². The van der Waals surface area contributed by atoms with Gasteiger partial charge in [0, 0.05) is 18.7 Å². The lowest BCUT2D eigenvalue weighted by molar-refractivity contribution is -0.127. The standard InChI is InChI=1S/C23H24N6O3/c30-21(26-19-8-6-18(7-9-19)14-28-16-24-15-25-28)11-10-20-22(31)29(23(32)27-20)13-12-17-4-2-1-3-5-17/h1-9,15-16,20H,10-14H2,(H,26,30)(H,27,32)/t20-/m1/s1. The Bertz CT molecular complexity index is 1070. The van der Waals surface area contributed by atoms with E-state index in [0.29, 0.717) is 25.2 Å². The number of anilines is 1. The molecular weight excluding hydrogens is 408 g/mol. The monoisotopic (exact) mass is 432 g/mol. The summed E-state index contributed by atoms with van der Waals surface area (Å²) in [6, 6.07) is 16.1. The van der Waals surface area contributed by atoms with E-state index in [4.69, 9.17) is 0 Å². The summed E-state index contributed by atoms with van der Waals surface area (Å²) in [5, 5.41) is 9.57. The number of nitrogens with zero attached hydrogens (tertiary/aromatic N) is 4. The van der Waals surface area contributed by atoms with Gasteiger partial charge in [-0.1, -0.05) is 42.5 Å². The first-order chi connectivity index (χ1) is 15.6. The Morgan fingerprint density at radius 3 is 2.53 bits per heavy atom. The number of hydrogen-bond donors (Lipinski definition) is 2.